The molecule has 15 heavy (non-hydrogen) atoms. The van der Waals surface area contributed by atoms with Gasteiger partial charge < -0.3 is 19.7 Å². The van der Waals surface area contributed by atoms with Crippen molar-refractivity contribution in [3.63, 3.8) is 0 Å². The van der Waals surface area contributed by atoms with Crippen LogP contribution < -0.4 is 0 Å². The highest BCUT2D eigenvalue weighted by atomic mass is 16.6. The first kappa shape index (κ1) is 9.57. The van der Waals surface area contributed by atoms with E-state index in [-0.39, 0.29) is 18.1 Å². The molecule has 5 nitrogen and oxygen atoms in total. The molecule has 3 rings (SSSR count). The molecule has 3 aliphatic rings. The molecule has 0 aromatic carbocycles. The minimum atomic E-state index is -0.816. The number of carbonyl (C=O) groups is 1. The van der Waals surface area contributed by atoms with Gasteiger partial charge in [0.2, 0.25) is 0 Å². The van der Waals surface area contributed by atoms with Gasteiger partial charge in [-0.05, 0) is 13.3 Å². The third-order valence-corrected chi connectivity index (χ3v) is 3.79. The SMILES string of the molecule is CC1OC(=O)C2C(O)C3OC3CC2C1O. The molecular formula is C10H14O5. The van der Waals surface area contributed by atoms with Gasteiger partial charge in [0.15, 0.2) is 0 Å². The average Bonchev–Trinajstić information content (AvgIpc) is 2.93. The molecular weight excluding hydrogens is 200 g/mol. The van der Waals surface area contributed by atoms with E-state index in [1.807, 2.05) is 0 Å². The lowest BCUT2D eigenvalue weighted by atomic mass is 9.72. The van der Waals surface area contributed by atoms with Crippen molar-refractivity contribution >= 4 is 5.97 Å². The molecule has 0 radical (unpaired) electrons. The van der Waals surface area contributed by atoms with E-state index < -0.39 is 30.2 Å². The quantitative estimate of drug-likeness (QED) is 0.402. The molecule has 2 saturated heterocycles. The van der Waals surface area contributed by atoms with E-state index >= 15 is 0 Å². The molecule has 0 bridgehead atoms. The molecule has 0 aromatic heterocycles. The number of hydrogen-bond donors (Lipinski definition) is 2. The van der Waals surface area contributed by atoms with Gasteiger partial charge in [-0.25, -0.2) is 0 Å². The van der Waals surface area contributed by atoms with Crippen molar-refractivity contribution in [3.05, 3.63) is 0 Å². The molecule has 2 N–H and O–H groups in total. The minimum Gasteiger partial charge on any atom is -0.460 e. The molecule has 3 fully saturated rings. The van der Waals surface area contributed by atoms with Crippen molar-refractivity contribution < 1.29 is 24.5 Å². The number of epoxide rings is 1. The first-order valence-corrected chi connectivity index (χ1v) is 5.31. The molecule has 5 heteroatoms. The Balaban J connectivity index is 1.89. The van der Waals surface area contributed by atoms with Crippen LogP contribution in [0.2, 0.25) is 0 Å². The number of aliphatic hydroxyl groups is 2. The van der Waals surface area contributed by atoms with Crippen molar-refractivity contribution in [2.75, 3.05) is 0 Å². The maximum Gasteiger partial charge on any atom is 0.312 e. The molecule has 0 spiro atoms. The van der Waals surface area contributed by atoms with E-state index in [2.05, 4.69) is 0 Å². The van der Waals surface area contributed by atoms with Crippen LogP contribution >= 0.6 is 0 Å². The summed E-state index contributed by atoms with van der Waals surface area (Å²) >= 11 is 0. The molecule has 0 aromatic rings. The summed E-state index contributed by atoms with van der Waals surface area (Å²) in [6.45, 7) is 1.67. The fourth-order valence-electron chi connectivity index (χ4n) is 2.86. The van der Waals surface area contributed by atoms with Gasteiger partial charge in [0.25, 0.3) is 0 Å². The molecule has 1 saturated carbocycles. The minimum absolute atomic E-state index is 0.0222. The number of rotatable bonds is 0. The van der Waals surface area contributed by atoms with Crippen LogP contribution in [0.15, 0.2) is 0 Å². The van der Waals surface area contributed by atoms with Crippen LogP contribution in [0, 0.1) is 11.8 Å². The van der Waals surface area contributed by atoms with Crippen molar-refractivity contribution in [2.24, 2.45) is 11.8 Å². The molecule has 2 heterocycles. The number of carbonyl (C=O) groups excluding carboxylic acids is 1. The zero-order valence-electron chi connectivity index (χ0n) is 8.37. The van der Waals surface area contributed by atoms with Gasteiger partial charge in [-0.3, -0.25) is 4.79 Å². The van der Waals surface area contributed by atoms with Crippen LogP contribution in [0.3, 0.4) is 0 Å². The number of fused-ring (bicyclic) bond motifs is 2. The first-order chi connectivity index (χ1) is 7.09. The second-order valence-corrected chi connectivity index (χ2v) is 4.69. The van der Waals surface area contributed by atoms with Gasteiger partial charge in [0, 0.05) is 5.92 Å². The lowest BCUT2D eigenvalue weighted by molar-refractivity contribution is -0.190. The van der Waals surface area contributed by atoms with Gasteiger partial charge in [-0.15, -0.1) is 0 Å². The molecule has 7 atom stereocenters. The second-order valence-electron chi connectivity index (χ2n) is 4.69. The molecule has 0 amide bonds. The lowest BCUT2D eigenvalue weighted by Crippen LogP contribution is -2.55. The number of cyclic esters (lactones) is 1. The van der Waals surface area contributed by atoms with E-state index in [0.717, 1.165) is 0 Å². The maximum absolute atomic E-state index is 11.6. The second kappa shape index (κ2) is 2.93. The topological polar surface area (TPSA) is 79.3 Å². The van der Waals surface area contributed by atoms with Gasteiger partial charge in [-0.1, -0.05) is 0 Å². The van der Waals surface area contributed by atoms with Gasteiger partial charge >= 0.3 is 5.97 Å². The van der Waals surface area contributed by atoms with Crippen molar-refractivity contribution in [3.8, 4) is 0 Å². The molecule has 7 unspecified atom stereocenters. The lowest BCUT2D eigenvalue weighted by Gasteiger charge is -2.41. The summed E-state index contributed by atoms with van der Waals surface area (Å²) in [7, 11) is 0. The van der Waals surface area contributed by atoms with E-state index in [0.29, 0.717) is 6.42 Å². The van der Waals surface area contributed by atoms with E-state index in [1.165, 1.54) is 0 Å². The normalized spacial score (nSPS) is 57.8. The highest BCUT2D eigenvalue weighted by molar-refractivity contribution is 5.75. The maximum atomic E-state index is 11.6. The third-order valence-electron chi connectivity index (χ3n) is 3.79. The fraction of sp³-hybridized carbons (Fsp3) is 0.900. The summed E-state index contributed by atoms with van der Waals surface area (Å²) in [5.74, 6) is -1.24. The Kier molecular flexibility index (Phi) is 1.87. The van der Waals surface area contributed by atoms with Gasteiger partial charge in [0.05, 0.1) is 24.2 Å². The standard InChI is InChI=1S/C10H14O5/c1-3-7(11)4-2-5-9(15-5)8(12)6(4)10(13)14-3/h3-9,11-12H,2H2,1H3. The largest absolute Gasteiger partial charge is 0.460 e. The Labute approximate surface area is 87.0 Å². The summed E-state index contributed by atoms with van der Waals surface area (Å²) in [5, 5.41) is 19.8. The Morgan fingerprint density at radius 1 is 1.33 bits per heavy atom. The Hall–Kier alpha value is -0.650. The molecule has 2 aliphatic heterocycles. The number of ether oxygens (including phenoxy) is 2. The van der Waals surface area contributed by atoms with E-state index in [4.69, 9.17) is 9.47 Å². The van der Waals surface area contributed by atoms with Crippen molar-refractivity contribution in [2.45, 2.75) is 43.9 Å². The van der Waals surface area contributed by atoms with Crippen molar-refractivity contribution in [1.82, 2.24) is 0 Å². The summed E-state index contributed by atoms with van der Waals surface area (Å²) in [5.41, 5.74) is 0. The Bertz CT molecular complexity index is 304. The Morgan fingerprint density at radius 3 is 2.80 bits per heavy atom. The summed E-state index contributed by atoms with van der Waals surface area (Å²) in [6, 6.07) is 0. The average molecular weight is 214 g/mol. The first-order valence-electron chi connectivity index (χ1n) is 5.31. The monoisotopic (exact) mass is 214 g/mol. The van der Waals surface area contributed by atoms with Crippen LogP contribution in [0.5, 0.6) is 0 Å². The number of hydrogen-bond acceptors (Lipinski definition) is 5. The number of esters is 1. The van der Waals surface area contributed by atoms with Crippen molar-refractivity contribution in [1.29, 1.82) is 0 Å². The summed E-state index contributed by atoms with van der Waals surface area (Å²) in [4.78, 5) is 11.6. The zero-order valence-corrected chi connectivity index (χ0v) is 8.37. The summed E-state index contributed by atoms with van der Waals surface area (Å²) in [6.07, 6.45) is -1.54. The zero-order chi connectivity index (χ0) is 10.7. The number of aliphatic hydroxyl groups excluding tert-OH is 2. The van der Waals surface area contributed by atoms with Gasteiger partial charge in [-0.2, -0.15) is 0 Å². The highest BCUT2D eigenvalue weighted by Crippen LogP contribution is 2.47. The Morgan fingerprint density at radius 2 is 2.07 bits per heavy atom. The van der Waals surface area contributed by atoms with Crippen LogP contribution in [0.1, 0.15) is 13.3 Å². The smallest absolute Gasteiger partial charge is 0.312 e. The predicted molar refractivity (Wildman–Crippen MR) is 47.8 cm³/mol. The molecule has 84 valence electrons. The fourth-order valence-corrected chi connectivity index (χ4v) is 2.86. The van der Waals surface area contributed by atoms with E-state index in [1.54, 1.807) is 6.92 Å². The van der Waals surface area contributed by atoms with Crippen LogP contribution in [-0.4, -0.2) is 46.7 Å². The molecule has 1 aliphatic carbocycles. The van der Waals surface area contributed by atoms with Gasteiger partial charge in [0.1, 0.15) is 12.2 Å². The predicted octanol–water partition coefficient (Wildman–Crippen LogP) is -0.943. The van der Waals surface area contributed by atoms with E-state index in [9.17, 15) is 15.0 Å². The van der Waals surface area contributed by atoms with Crippen LogP contribution in [-0.2, 0) is 14.3 Å². The highest BCUT2D eigenvalue weighted by Gasteiger charge is 2.61. The third kappa shape index (κ3) is 1.23. The summed E-state index contributed by atoms with van der Waals surface area (Å²) < 4.78 is 10.2. The van der Waals surface area contributed by atoms with Crippen LogP contribution in [0.4, 0.5) is 0 Å². The van der Waals surface area contributed by atoms with Crippen LogP contribution in [0.25, 0.3) is 0 Å².